The zero-order chi connectivity index (χ0) is 11.1. The van der Waals surface area contributed by atoms with Crippen LogP contribution in [0.2, 0.25) is 5.02 Å². The summed E-state index contributed by atoms with van der Waals surface area (Å²) in [6.07, 6.45) is 3.59. The molecular weight excluding hydrogens is 224 g/mol. The Morgan fingerprint density at radius 1 is 1.38 bits per heavy atom. The van der Waals surface area contributed by atoms with Gasteiger partial charge in [-0.05, 0) is 18.9 Å². The third-order valence-electron chi connectivity index (χ3n) is 3.37. The van der Waals surface area contributed by atoms with Crippen LogP contribution in [0.3, 0.4) is 0 Å². The van der Waals surface area contributed by atoms with E-state index in [0.29, 0.717) is 11.1 Å². The number of rotatable bonds is 2. The highest BCUT2D eigenvalue weighted by molar-refractivity contribution is 6.34. The van der Waals surface area contributed by atoms with Crippen molar-refractivity contribution < 1.29 is 4.79 Å². The normalized spacial score (nSPS) is 23.8. The molecule has 16 heavy (non-hydrogen) atoms. The average Bonchev–Trinajstić information content (AvgIpc) is 2.51. The van der Waals surface area contributed by atoms with Crippen molar-refractivity contribution in [2.75, 3.05) is 5.32 Å². The predicted molar refractivity (Wildman–Crippen MR) is 63.6 cm³/mol. The standard InChI is InChI=1S/C12H13ClN2O/c13-9-6-2-5-8-10(9)15-12(16)11(8)14-7-3-1-4-7/h2,5-7,11,14H,1,3-4H2,(H,15,16). The fourth-order valence-electron chi connectivity index (χ4n) is 2.23. The Kier molecular flexibility index (Phi) is 2.37. The molecule has 3 rings (SSSR count). The van der Waals surface area contributed by atoms with E-state index in [4.69, 9.17) is 11.6 Å². The quantitative estimate of drug-likeness (QED) is 0.828. The van der Waals surface area contributed by atoms with Crippen molar-refractivity contribution in [1.82, 2.24) is 5.32 Å². The Hall–Kier alpha value is -1.06. The van der Waals surface area contributed by atoms with Crippen LogP contribution in [-0.2, 0) is 4.79 Å². The van der Waals surface area contributed by atoms with Crippen LogP contribution in [0.15, 0.2) is 18.2 Å². The molecule has 3 nitrogen and oxygen atoms in total. The predicted octanol–water partition coefficient (Wildman–Crippen LogP) is 2.48. The maximum atomic E-state index is 11.8. The number of carbonyl (C=O) groups is 1. The zero-order valence-electron chi connectivity index (χ0n) is 8.79. The number of nitrogens with one attached hydrogen (secondary N) is 2. The summed E-state index contributed by atoms with van der Waals surface area (Å²) >= 11 is 6.04. The first-order chi connectivity index (χ1) is 7.75. The van der Waals surface area contributed by atoms with Crippen LogP contribution in [0.5, 0.6) is 0 Å². The van der Waals surface area contributed by atoms with Gasteiger partial charge in [0, 0.05) is 11.6 Å². The number of hydrogen-bond acceptors (Lipinski definition) is 2. The molecule has 1 heterocycles. The van der Waals surface area contributed by atoms with Gasteiger partial charge in [-0.1, -0.05) is 30.2 Å². The lowest BCUT2D eigenvalue weighted by Crippen LogP contribution is -2.40. The van der Waals surface area contributed by atoms with Gasteiger partial charge in [-0.2, -0.15) is 0 Å². The second-order valence-corrected chi connectivity index (χ2v) is 4.83. The molecule has 0 aromatic heterocycles. The van der Waals surface area contributed by atoms with E-state index in [2.05, 4.69) is 10.6 Å². The van der Waals surface area contributed by atoms with E-state index in [-0.39, 0.29) is 11.9 Å². The number of hydrogen-bond donors (Lipinski definition) is 2. The van der Waals surface area contributed by atoms with Gasteiger partial charge >= 0.3 is 0 Å². The minimum Gasteiger partial charge on any atom is -0.323 e. The van der Waals surface area contributed by atoms with Gasteiger partial charge in [0.25, 0.3) is 0 Å². The molecule has 84 valence electrons. The van der Waals surface area contributed by atoms with Crippen molar-refractivity contribution in [2.24, 2.45) is 0 Å². The maximum absolute atomic E-state index is 11.8. The van der Waals surface area contributed by atoms with Crippen LogP contribution < -0.4 is 10.6 Å². The smallest absolute Gasteiger partial charge is 0.246 e. The van der Waals surface area contributed by atoms with E-state index >= 15 is 0 Å². The fraction of sp³-hybridized carbons (Fsp3) is 0.417. The van der Waals surface area contributed by atoms with Crippen molar-refractivity contribution in [2.45, 2.75) is 31.3 Å². The van der Waals surface area contributed by atoms with Crippen LogP contribution >= 0.6 is 11.6 Å². The van der Waals surface area contributed by atoms with E-state index in [1.54, 1.807) is 6.07 Å². The van der Waals surface area contributed by atoms with Crippen molar-refractivity contribution >= 4 is 23.2 Å². The topological polar surface area (TPSA) is 41.1 Å². The van der Waals surface area contributed by atoms with Gasteiger partial charge in [0.15, 0.2) is 0 Å². The molecule has 1 aliphatic heterocycles. The zero-order valence-corrected chi connectivity index (χ0v) is 9.55. The number of carbonyl (C=O) groups excluding carboxylic acids is 1. The summed E-state index contributed by atoms with van der Waals surface area (Å²) in [5, 5.41) is 6.83. The van der Waals surface area contributed by atoms with Crippen LogP contribution in [0.4, 0.5) is 5.69 Å². The van der Waals surface area contributed by atoms with Crippen LogP contribution in [0.25, 0.3) is 0 Å². The van der Waals surface area contributed by atoms with Gasteiger partial charge in [-0.25, -0.2) is 0 Å². The summed E-state index contributed by atoms with van der Waals surface area (Å²) in [4.78, 5) is 11.8. The second kappa shape index (κ2) is 3.75. The SMILES string of the molecule is O=C1Nc2c(Cl)cccc2C1NC1CCC1. The molecule has 2 aliphatic rings. The van der Waals surface area contributed by atoms with Crippen molar-refractivity contribution in [3.63, 3.8) is 0 Å². The average molecular weight is 237 g/mol. The Labute approximate surface area is 99.2 Å². The lowest BCUT2D eigenvalue weighted by atomic mass is 9.91. The number of amides is 1. The molecule has 1 aliphatic carbocycles. The second-order valence-electron chi connectivity index (χ2n) is 4.42. The largest absolute Gasteiger partial charge is 0.323 e. The first-order valence-corrected chi connectivity index (χ1v) is 5.99. The maximum Gasteiger partial charge on any atom is 0.246 e. The molecule has 2 N–H and O–H groups in total. The highest BCUT2D eigenvalue weighted by Crippen LogP contribution is 2.37. The van der Waals surface area contributed by atoms with Gasteiger partial charge in [0.2, 0.25) is 5.91 Å². The van der Waals surface area contributed by atoms with E-state index in [0.717, 1.165) is 11.3 Å². The van der Waals surface area contributed by atoms with Gasteiger partial charge in [0.1, 0.15) is 6.04 Å². The molecule has 0 radical (unpaired) electrons. The molecule has 4 heteroatoms. The lowest BCUT2D eigenvalue weighted by molar-refractivity contribution is -0.118. The Morgan fingerprint density at radius 3 is 2.88 bits per heavy atom. The summed E-state index contributed by atoms with van der Waals surface area (Å²) in [6, 6.07) is 5.90. The molecule has 1 aromatic rings. The van der Waals surface area contributed by atoms with Crippen molar-refractivity contribution in [3.8, 4) is 0 Å². The highest BCUT2D eigenvalue weighted by Gasteiger charge is 2.34. The van der Waals surface area contributed by atoms with Crippen LogP contribution in [0.1, 0.15) is 30.9 Å². The molecule has 1 aromatic carbocycles. The van der Waals surface area contributed by atoms with Gasteiger partial charge in [-0.3, -0.25) is 10.1 Å². The minimum absolute atomic E-state index is 0.00926. The van der Waals surface area contributed by atoms with Gasteiger partial charge in [-0.15, -0.1) is 0 Å². The number of fused-ring (bicyclic) bond motifs is 1. The lowest BCUT2D eigenvalue weighted by Gasteiger charge is -2.29. The molecule has 1 atom stereocenters. The summed E-state index contributed by atoms with van der Waals surface area (Å²) in [6.45, 7) is 0. The molecule has 1 fully saturated rings. The molecule has 1 saturated carbocycles. The van der Waals surface area contributed by atoms with Gasteiger partial charge in [0.05, 0.1) is 10.7 Å². The minimum atomic E-state index is -0.223. The third-order valence-corrected chi connectivity index (χ3v) is 3.69. The molecular formula is C12H13ClN2O. The van der Waals surface area contributed by atoms with Crippen molar-refractivity contribution in [3.05, 3.63) is 28.8 Å². The van der Waals surface area contributed by atoms with E-state index in [9.17, 15) is 4.79 Å². The Balaban J connectivity index is 1.89. The Bertz CT molecular complexity index is 443. The molecule has 0 saturated heterocycles. The first kappa shape index (κ1) is 10.1. The van der Waals surface area contributed by atoms with Crippen LogP contribution in [0, 0.1) is 0 Å². The van der Waals surface area contributed by atoms with Gasteiger partial charge < -0.3 is 5.32 Å². The first-order valence-electron chi connectivity index (χ1n) is 5.61. The molecule has 0 spiro atoms. The van der Waals surface area contributed by atoms with E-state index in [1.165, 1.54) is 19.3 Å². The van der Waals surface area contributed by atoms with Crippen LogP contribution in [-0.4, -0.2) is 11.9 Å². The molecule has 0 bridgehead atoms. The van der Waals surface area contributed by atoms with E-state index in [1.807, 2.05) is 12.1 Å². The summed E-state index contributed by atoms with van der Waals surface area (Å²) in [7, 11) is 0. The highest BCUT2D eigenvalue weighted by atomic mass is 35.5. The summed E-state index contributed by atoms with van der Waals surface area (Å²) in [5.74, 6) is 0.00926. The number of halogens is 1. The summed E-state index contributed by atoms with van der Waals surface area (Å²) in [5.41, 5.74) is 1.75. The third kappa shape index (κ3) is 1.51. The van der Waals surface area contributed by atoms with Crippen molar-refractivity contribution in [1.29, 1.82) is 0 Å². The fourth-order valence-corrected chi connectivity index (χ4v) is 2.46. The molecule has 1 amide bonds. The van der Waals surface area contributed by atoms with E-state index < -0.39 is 0 Å². The monoisotopic (exact) mass is 236 g/mol. The Morgan fingerprint density at radius 2 is 2.19 bits per heavy atom. The molecule has 1 unspecified atom stereocenters. The summed E-state index contributed by atoms with van der Waals surface area (Å²) < 4.78 is 0. The number of benzene rings is 1. The number of para-hydroxylation sites is 1. The number of anilines is 1.